The summed E-state index contributed by atoms with van der Waals surface area (Å²) >= 11 is 4.95. The van der Waals surface area contributed by atoms with Gasteiger partial charge in [0.2, 0.25) is 0 Å². The Bertz CT molecular complexity index is 979. The Morgan fingerprint density at radius 2 is 2.00 bits per heavy atom. The Kier molecular flexibility index (Phi) is 8.47. The van der Waals surface area contributed by atoms with Crippen molar-refractivity contribution >= 4 is 50.5 Å². The lowest BCUT2D eigenvalue weighted by atomic mass is 10.2. The summed E-state index contributed by atoms with van der Waals surface area (Å²) in [5, 5.41) is 12.3. The Balaban J connectivity index is 1.69. The Labute approximate surface area is 188 Å². The standard InChI is InChI=1S/C20H25BrN6O2S/c1-3-29-12-10-22-17-16-13-24-27(18(16)26-20(25-17)30-4-2)11-9-23-19(28)14-5-7-15(21)8-6-14/h5-8,13H,3-4,9-12H2,1-2H3,(H,23,28)(H,22,25,26). The van der Waals surface area contributed by atoms with Crippen LogP contribution in [0.4, 0.5) is 5.82 Å². The van der Waals surface area contributed by atoms with Crippen LogP contribution in [0.1, 0.15) is 24.2 Å². The summed E-state index contributed by atoms with van der Waals surface area (Å²) < 4.78 is 8.13. The molecule has 0 unspecified atom stereocenters. The predicted molar refractivity (Wildman–Crippen MR) is 123 cm³/mol. The van der Waals surface area contributed by atoms with Crippen molar-refractivity contribution < 1.29 is 9.53 Å². The lowest BCUT2D eigenvalue weighted by Gasteiger charge is -2.10. The highest BCUT2D eigenvalue weighted by Crippen LogP contribution is 2.24. The van der Waals surface area contributed by atoms with Crippen LogP contribution in [0.5, 0.6) is 0 Å². The van der Waals surface area contributed by atoms with Crippen molar-refractivity contribution in [1.82, 2.24) is 25.1 Å². The summed E-state index contributed by atoms with van der Waals surface area (Å²) in [6.07, 6.45) is 1.76. The number of nitrogens with one attached hydrogen (secondary N) is 2. The largest absolute Gasteiger partial charge is 0.380 e. The molecule has 0 saturated heterocycles. The molecule has 160 valence electrons. The van der Waals surface area contributed by atoms with Crippen molar-refractivity contribution in [3.05, 3.63) is 40.5 Å². The topological polar surface area (TPSA) is 94.0 Å². The van der Waals surface area contributed by atoms with Crippen LogP contribution in [-0.2, 0) is 11.3 Å². The molecule has 0 fully saturated rings. The molecule has 10 heteroatoms. The monoisotopic (exact) mass is 492 g/mol. The number of benzene rings is 1. The molecule has 8 nitrogen and oxygen atoms in total. The Morgan fingerprint density at radius 3 is 2.73 bits per heavy atom. The van der Waals surface area contributed by atoms with Crippen molar-refractivity contribution in [2.75, 3.05) is 37.4 Å². The summed E-state index contributed by atoms with van der Waals surface area (Å²) in [6, 6.07) is 7.26. The zero-order valence-electron chi connectivity index (χ0n) is 17.0. The van der Waals surface area contributed by atoms with E-state index in [0.717, 1.165) is 27.1 Å². The quantitative estimate of drug-likeness (QED) is 0.240. The molecule has 1 aromatic carbocycles. The van der Waals surface area contributed by atoms with Crippen LogP contribution in [-0.4, -0.2) is 57.7 Å². The highest BCUT2D eigenvalue weighted by Gasteiger charge is 2.13. The number of hydrogen-bond acceptors (Lipinski definition) is 7. The van der Waals surface area contributed by atoms with E-state index in [9.17, 15) is 4.79 Å². The first-order valence-corrected chi connectivity index (χ1v) is 11.6. The van der Waals surface area contributed by atoms with E-state index >= 15 is 0 Å². The van der Waals surface area contributed by atoms with E-state index in [-0.39, 0.29) is 5.91 Å². The molecule has 0 spiro atoms. The maximum absolute atomic E-state index is 12.3. The van der Waals surface area contributed by atoms with Gasteiger partial charge in [-0.1, -0.05) is 34.6 Å². The highest BCUT2D eigenvalue weighted by molar-refractivity contribution is 9.10. The zero-order valence-corrected chi connectivity index (χ0v) is 19.4. The minimum atomic E-state index is -0.117. The average molecular weight is 493 g/mol. The summed E-state index contributed by atoms with van der Waals surface area (Å²) in [5.74, 6) is 1.51. The minimum Gasteiger partial charge on any atom is -0.380 e. The van der Waals surface area contributed by atoms with Gasteiger partial charge in [-0.15, -0.1) is 0 Å². The number of anilines is 1. The number of thioether (sulfide) groups is 1. The molecule has 0 atom stereocenters. The van der Waals surface area contributed by atoms with E-state index in [1.54, 1.807) is 34.8 Å². The number of carbonyl (C=O) groups is 1. The Hall–Kier alpha value is -2.17. The fourth-order valence-electron chi connectivity index (χ4n) is 2.79. The van der Waals surface area contributed by atoms with Gasteiger partial charge in [-0.25, -0.2) is 14.6 Å². The number of ether oxygens (including phenoxy) is 1. The van der Waals surface area contributed by atoms with Crippen LogP contribution in [0.15, 0.2) is 40.1 Å². The fourth-order valence-corrected chi connectivity index (χ4v) is 3.62. The molecule has 1 amide bonds. The van der Waals surface area contributed by atoms with E-state index in [4.69, 9.17) is 4.74 Å². The van der Waals surface area contributed by atoms with E-state index in [0.29, 0.717) is 43.6 Å². The van der Waals surface area contributed by atoms with Gasteiger partial charge in [0.25, 0.3) is 5.91 Å². The Morgan fingerprint density at radius 1 is 1.20 bits per heavy atom. The van der Waals surface area contributed by atoms with Crippen molar-refractivity contribution in [3.8, 4) is 0 Å². The first-order valence-electron chi connectivity index (χ1n) is 9.84. The number of carbonyl (C=O) groups excluding carboxylic acids is 1. The van der Waals surface area contributed by atoms with Crippen molar-refractivity contribution in [2.24, 2.45) is 0 Å². The van der Waals surface area contributed by atoms with Gasteiger partial charge in [-0.2, -0.15) is 5.10 Å². The second-order valence-electron chi connectivity index (χ2n) is 6.28. The molecular formula is C20H25BrN6O2S. The molecule has 0 aliphatic carbocycles. The molecule has 30 heavy (non-hydrogen) atoms. The van der Waals surface area contributed by atoms with Crippen LogP contribution < -0.4 is 10.6 Å². The van der Waals surface area contributed by atoms with Crippen molar-refractivity contribution in [3.63, 3.8) is 0 Å². The van der Waals surface area contributed by atoms with Gasteiger partial charge in [0.15, 0.2) is 10.8 Å². The predicted octanol–water partition coefficient (Wildman–Crippen LogP) is 3.58. The normalized spacial score (nSPS) is 11.0. The van der Waals surface area contributed by atoms with Crippen LogP contribution in [0.2, 0.25) is 0 Å². The van der Waals surface area contributed by atoms with Crippen molar-refractivity contribution in [1.29, 1.82) is 0 Å². The van der Waals surface area contributed by atoms with Gasteiger partial charge >= 0.3 is 0 Å². The number of nitrogens with zero attached hydrogens (tertiary/aromatic N) is 4. The third-order valence-electron chi connectivity index (χ3n) is 4.21. The first-order chi connectivity index (χ1) is 14.6. The van der Waals surface area contributed by atoms with E-state index in [2.05, 4.69) is 48.6 Å². The summed E-state index contributed by atoms with van der Waals surface area (Å²) in [7, 11) is 0. The molecule has 0 saturated carbocycles. The van der Waals surface area contributed by atoms with Crippen molar-refractivity contribution in [2.45, 2.75) is 25.5 Å². The third kappa shape index (κ3) is 5.93. The number of rotatable bonds is 11. The molecule has 2 N–H and O–H groups in total. The number of amides is 1. The molecule has 3 rings (SSSR count). The first kappa shape index (κ1) is 22.5. The molecular weight excluding hydrogens is 468 g/mol. The number of fused-ring (bicyclic) bond motifs is 1. The second kappa shape index (κ2) is 11.3. The molecule has 2 heterocycles. The molecule has 0 bridgehead atoms. The second-order valence-corrected chi connectivity index (χ2v) is 8.43. The third-order valence-corrected chi connectivity index (χ3v) is 5.47. The molecule has 0 aliphatic rings. The lowest BCUT2D eigenvalue weighted by Crippen LogP contribution is -2.27. The maximum Gasteiger partial charge on any atom is 0.251 e. The summed E-state index contributed by atoms with van der Waals surface area (Å²) in [6.45, 7) is 6.94. The fraction of sp³-hybridized carbons (Fsp3) is 0.400. The lowest BCUT2D eigenvalue weighted by molar-refractivity contribution is 0.0952. The van der Waals surface area contributed by atoms with Gasteiger partial charge in [-0.05, 0) is 36.9 Å². The van der Waals surface area contributed by atoms with Gasteiger partial charge in [0.1, 0.15) is 5.82 Å². The van der Waals surface area contributed by atoms with E-state index < -0.39 is 0 Å². The SMILES string of the molecule is CCOCCNc1nc(SCC)nc2c1cnn2CCNC(=O)c1ccc(Br)cc1. The molecule has 3 aromatic rings. The molecule has 2 aromatic heterocycles. The number of halogens is 1. The van der Waals surface area contributed by atoms with Gasteiger partial charge in [-0.3, -0.25) is 4.79 Å². The van der Waals surface area contributed by atoms with Crippen LogP contribution in [0, 0.1) is 0 Å². The van der Waals surface area contributed by atoms with Crippen LogP contribution in [0.25, 0.3) is 11.0 Å². The highest BCUT2D eigenvalue weighted by atomic mass is 79.9. The molecule has 0 aliphatic heterocycles. The van der Waals surface area contributed by atoms with Gasteiger partial charge in [0.05, 0.1) is 24.7 Å². The number of aromatic nitrogens is 4. The zero-order chi connectivity index (χ0) is 21.3. The summed E-state index contributed by atoms with van der Waals surface area (Å²) in [4.78, 5) is 21.6. The van der Waals surface area contributed by atoms with E-state index in [1.165, 1.54) is 0 Å². The van der Waals surface area contributed by atoms with E-state index in [1.807, 2.05) is 19.1 Å². The van der Waals surface area contributed by atoms with Crippen LogP contribution in [0.3, 0.4) is 0 Å². The smallest absolute Gasteiger partial charge is 0.251 e. The van der Waals surface area contributed by atoms with Gasteiger partial charge < -0.3 is 15.4 Å². The number of hydrogen-bond donors (Lipinski definition) is 2. The maximum atomic E-state index is 12.3. The average Bonchev–Trinajstić information content (AvgIpc) is 3.15. The van der Waals surface area contributed by atoms with Gasteiger partial charge in [0, 0.05) is 29.7 Å². The van der Waals surface area contributed by atoms with Crippen LogP contribution >= 0.6 is 27.7 Å². The summed E-state index contributed by atoms with van der Waals surface area (Å²) in [5.41, 5.74) is 1.37. The minimum absolute atomic E-state index is 0.117. The molecule has 0 radical (unpaired) electrons.